The lowest BCUT2D eigenvalue weighted by atomic mass is 10.3. The third kappa shape index (κ3) is 2.13. The summed E-state index contributed by atoms with van der Waals surface area (Å²) in [7, 11) is 0. The summed E-state index contributed by atoms with van der Waals surface area (Å²) in [6.07, 6.45) is 1.14. The molecule has 1 aromatic heterocycles. The van der Waals surface area contributed by atoms with Gasteiger partial charge in [0.05, 0.1) is 0 Å². The maximum Gasteiger partial charge on any atom is 0.216 e. The fourth-order valence-electron chi connectivity index (χ4n) is 1.15. The molecule has 0 saturated carbocycles. The van der Waals surface area contributed by atoms with Gasteiger partial charge in [0.2, 0.25) is 5.95 Å². The number of ether oxygens (including phenoxy) is 1. The average Bonchev–Trinajstić information content (AvgIpc) is 2.24. The van der Waals surface area contributed by atoms with Crippen LogP contribution >= 0.6 is 0 Å². The van der Waals surface area contributed by atoms with Crippen molar-refractivity contribution < 1.29 is 17.9 Å². The highest BCUT2D eigenvalue weighted by molar-refractivity contribution is 5.32. The number of hydrogen-bond acceptors (Lipinski definition) is 2. The number of rotatable bonds is 2. The molecule has 2 aromatic rings. The van der Waals surface area contributed by atoms with Gasteiger partial charge in [-0.3, -0.25) is 0 Å². The molecule has 2 rings (SSSR count). The topological polar surface area (TPSA) is 22.1 Å². The first-order chi connectivity index (χ1) is 7.66. The van der Waals surface area contributed by atoms with Gasteiger partial charge in [-0.05, 0) is 18.2 Å². The van der Waals surface area contributed by atoms with Crippen molar-refractivity contribution in [2.45, 2.75) is 0 Å². The molecular formula is C11H6F3NO. The fourth-order valence-corrected chi connectivity index (χ4v) is 1.15. The molecule has 0 fully saturated rings. The summed E-state index contributed by atoms with van der Waals surface area (Å²) in [6.45, 7) is 0. The summed E-state index contributed by atoms with van der Waals surface area (Å²) >= 11 is 0. The van der Waals surface area contributed by atoms with Crippen molar-refractivity contribution in [1.82, 2.24) is 4.98 Å². The Morgan fingerprint density at radius 3 is 2.31 bits per heavy atom. The van der Waals surface area contributed by atoms with Crippen molar-refractivity contribution in [1.29, 1.82) is 0 Å². The van der Waals surface area contributed by atoms with Crippen molar-refractivity contribution in [3.63, 3.8) is 0 Å². The van der Waals surface area contributed by atoms with Gasteiger partial charge in [0.15, 0.2) is 17.4 Å². The highest BCUT2D eigenvalue weighted by Crippen LogP contribution is 2.26. The monoisotopic (exact) mass is 225 g/mol. The second kappa shape index (κ2) is 4.22. The zero-order valence-electron chi connectivity index (χ0n) is 7.95. The van der Waals surface area contributed by atoms with Gasteiger partial charge >= 0.3 is 0 Å². The molecule has 1 aromatic carbocycles. The lowest BCUT2D eigenvalue weighted by Gasteiger charge is -2.06. The van der Waals surface area contributed by atoms with E-state index in [1.165, 1.54) is 12.1 Å². The molecule has 0 aliphatic carbocycles. The minimum absolute atomic E-state index is 0.0171. The standard InChI is InChI=1S/C11H6F3NO/c12-8-2-1-3-9(13)11(8)16-7-4-5-15-10(14)6-7/h1-6H. The summed E-state index contributed by atoms with van der Waals surface area (Å²) in [5, 5.41) is 0. The average molecular weight is 225 g/mol. The maximum atomic E-state index is 13.2. The summed E-state index contributed by atoms with van der Waals surface area (Å²) in [5.74, 6) is -3.06. The molecule has 0 saturated heterocycles. The zero-order valence-corrected chi connectivity index (χ0v) is 7.95. The number of aromatic nitrogens is 1. The molecule has 0 aliphatic rings. The highest BCUT2D eigenvalue weighted by atomic mass is 19.1. The molecule has 0 spiro atoms. The predicted molar refractivity (Wildman–Crippen MR) is 50.6 cm³/mol. The van der Waals surface area contributed by atoms with Crippen molar-refractivity contribution in [3.05, 3.63) is 54.1 Å². The lowest BCUT2D eigenvalue weighted by Crippen LogP contribution is -1.93. The molecule has 16 heavy (non-hydrogen) atoms. The van der Waals surface area contributed by atoms with E-state index in [9.17, 15) is 13.2 Å². The quantitative estimate of drug-likeness (QED) is 0.731. The van der Waals surface area contributed by atoms with E-state index in [-0.39, 0.29) is 5.75 Å². The summed E-state index contributed by atoms with van der Waals surface area (Å²) in [6, 6.07) is 5.55. The first-order valence-electron chi connectivity index (χ1n) is 4.40. The molecule has 0 atom stereocenters. The van der Waals surface area contributed by atoms with E-state index in [2.05, 4.69) is 4.98 Å². The molecule has 82 valence electrons. The van der Waals surface area contributed by atoms with Crippen molar-refractivity contribution in [3.8, 4) is 11.5 Å². The van der Waals surface area contributed by atoms with Crippen molar-refractivity contribution in [2.75, 3.05) is 0 Å². The van der Waals surface area contributed by atoms with Gasteiger partial charge in [-0.2, -0.15) is 4.39 Å². The van der Waals surface area contributed by atoms with Gasteiger partial charge < -0.3 is 4.74 Å². The van der Waals surface area contributed by atoms with Gasteiger partial charge in [0.1, 0.15) is 5.75 Å². The Morgan fingerprint density at radius 1 is 1.00 bits per heavy atom. The minimum atomic E-state index is -0.850. The van der Waals surface area contributed by atoms with Crippen LogP contribution in [0.4, 0.5) is 13.2 Å². The van der Waals surface area contributed by atoms with Gasteiger partial charge in [-0.15, -0.1) is 0 Å². The Bertz CT molecular complexity index is 496. The van der Waals surface area contributed by atoms with Crippen LogP contribution < -0.4 is 4.74 Å². The number of hydrogen-bond donors (Lipinski definition) is 0. The first kappa shape index (κ1) is 10.5. The van der Waals surface area contributed by atoms with Gasteiger partial charge in [-0.1, -0.05) is 6.07 Å². The molecule has 1 heterocycles. The van der Waals surface area contributed by atoms with E-state index >= 15 is 0 Å². The summed E-state index contributed by atoms with van der Waals surface area (Å²) in [5.41, 5.74) is 0. The van der Waals surface area contributed by atoms with Crippen LogP contribution in [0.15, 0.2) is 36.5 Å². The van der Waals surface area contributed by atoms with Crippen LogP contribution in [-0.4, -0.2) is 4.98 Å². The predicted octanol–water partition coefficient (Wildman–Crippen LogP) is 3.29. The number of nitrogens with zero attached hydrogens (tertiary/aromatic N) is 1. The third-order valence-electron chi connectivity index (χ3n) is 1.84. The molecule has 0 unspecified atom stereocenters. The molecule has 0 radical (unpaired) electrons. The molecule has 0 bridgehead atoms. The summed E-state index contributed by atoms with van der Waals surface area (Å²) < 4.78 is 43.9. The van der Waals surface area contributed by atoms with Crippen LogP contribution in [-0.2, 0) is 0 Å². The Balaban J connectivity index is 2.34. The van der Waals surface area contributed by atoms with Gasteiger partial charge in [0, 0.05) is 12.3 Å². The Labute approximate surface area is 89.3 Å². The largest absolute Gasteiger partial charge is 0.451 e. The Kier molecular flexibility index (Phi) is 2.76. The Morgan fingerprint density at radius 2 is 1.69 bits per heavy atom. The molecule has 0 aliphatic heterocycles. The van der Waals surface area contributed by atoms with Crippen LogP contribution in [0.1, 0.15) is 0 Å². The van der Waals surface area contributed by atoms with Crippen LogP contribution in [0, 0.1) is 17.6 Å². The second-order valence-corrected chi connectivity index (χ2v) is 2.97. The molecule has 0 amide bonds. The van der Waals surface area contributed by atoms with Crippen LogP contribution in [0.3, 0.4) is 0 Å². The minimum Gasteiger partial charge on any atom is -0.451 e. The number of benzene rings is 1. The van der Waals surface area contributed by atoms with Crippen molar-refractivity contribution >= 4 is 0 Å². The van der Waals surface area contributed by atoms with Crippen LogP contribution in [0.25, 0.3) is 0 Å². The Hall–Kier alpha value is -2.04. The molecule has 5 heteroatoms. The van der Waals surface area contributed by atoms with E-state index in [0.29, 0.717) is 0 Å². The smallest absolute Gasteiger partial charge is 0.216 e. The normalized spacial score (nSPS) is 10.2. The van der Waals surface area contributed by atoms with Gasteiger partial charge in [0.25, 0.3) is 0 Å². The molecule has 2 nitrogen and oxygen atoms in total. The molecular weight excluding hydrogens is 219 g/mol. The number of pyridine rings is 1. The zero-order chi connectivity index (χ0) is 11.5. The van der Waals surface area contributed by atoms with Crippen LogP contribution in [0.5, 0.6) is 11.5 Å². The highest BCUT2D eigenvalue weighted by Gasteiger charge is 2.10. The SMILES string of the molecule is Fc1cc(Oc2c(F)cccc2F)ccn1. The van der Waals surface area contributed by atoms with Crippen molar-refractivity contribution in [2.24, 2.45) is 0 Å². The maximum absolute atomic E-state index is 13.2. The fraction of sp³-hybridized carbons (Fsp3) is 0. The number of halogens is 3. The summed E-state index contributed by atoms with van der Waals surface area (Å²) in [4.78, 5) is 3.29. The van der Waals surface area contributed by atoms with Crippen LogP contribution in [0.2, 0.25) is 0 Å². The molecule has 0 N–H and O–H groups in total. The lowest BCUT2D eigenvalue weighted by molar-refractivity contribution is 0.403. The van der Waals surface area contributed by atoms with E-state index in [4.69, 9.17) is 4.74 Å². The van der Waals surface area contributed by atoms with Gasteiger partial charge in [-0.25, -0.2) is 13.8 Å². The van der Waals surface area contributed by atoms with E-state index in [1.54, 1.807) is 0 Å². The first-order valence-corrected chi connectivity index (χ1v) is 4.40. The van der Waals surface area contributed by atoms with E-state index < -0.39 is 23.3 Å². The second-order valence-electron chi connectivity index (χ2n) is 2.97. The van der Waals surface area contributed by atoms with E-state index in [0.717, 1.165) is 24.4 Å². The van der Waals surface area contributed by atoms with E-state index in [1.807, 2.05) is 0 Å². The third-order valence-corrected chi connectivity index (χ3v) is 1.84. The number of para-hydroxylation sites is 1.